The molecule has 0 amide bonds. The highest BCUT2D eigenvalue weighted by molar-refractivity contribution is 5.12. The van der Waals surface area contributed by atoms with Crippen LogP contribution in [0.25, 0.3) is 0 Å². The Labute approximate surface area is 120 Å². The minimum atomic E-state index is 0.0169. The Balaban J connectivity index is 1.70. The van der Waals surface area contributed by atoms with Crippen LogP contribution in [0.4, 0.5) is 0 Å². The lowest BCUT2D eigenvalue weighted by atomic mass is 10.2. The predicted molar refractivity (Wildman–Crippen MR) is 77.4 cm³/mol. The Kier molecular flexibility index (Phi) is 4.29. The van der Waals surface area contributed by atoms with Crippen molar-refractivity contribution in [1.82, 2.24) is 20.2 Å². The molecule has 1 aliphatic carbocycles. The summed E-state index contributed by atoms with van der Waals surface area (Å²) in [6, 6.07) is 2.77. The van der Waals surface area contributed by atoms with Crippen LogP contribution in [0.5, 0.6) is 0 Å². The van der Waals surface area contributed by atoms with Crippen molar-refractivity contribution in [3.8, 4) is 0 Å². The normalized spacial score (nSPS) is 24.0. The second-order valence-electron chi connectivity index (χ2n) is 5.77. The highest BCUT2D eigenvalue weighted by atomic mass is 16.5. The minimum Gasteiger partial charge on any atom is -0.368 e. The van der Waals surface area contributed by atoms with E-state index in [1.165, 1.54) is 12.8 Å². The number of rotatable bonds is 5. The van der Waals surface area contributed by atoms with Gasteiger partial charge >= 0.3 is 0 Å². The van der Waals surface area contributed by atoms with Crippen LogP contribution in [0.2, 0.25) is 0 Å². The molecule has 20 heavy (non-hydrogen) atoms. The lowest BCUT2D eigenvalue weighted by Gasteiger charge is -2.31. The number of likely N-dealkylation sites (N-methyl/N-ethyl adjacent to an activating group) is 1. The number of nitrogens with one attached hydrogen (secondary N) is 1. The minimum absolute atomic E-state index is 0.0169. The molecule has 2 heterocycles. The van der Waals surface area contributed by atoms with Crippen molar-refractivity contribution in [3.05, 3.63) is 23.3 Å². The molecule has 110 valence electrons. The van der Waals surface area contributed by atoms with Gasteiger partial charge in [-0.25, -0.2) is 9.97 Å². The van der Waals surface area contributed by atoms with E-state index in [2.05, 4.69) is 28.2 Å². The van der Waals surface area contributed by atoms with Crippen molar-refractivity contribution in [1.29, 1.82) is 0 Å². The number of morpholine rings is 1. The Morgan fingerprint density at radius 3 is 3.00 bits per heavy atom. The fourth-order valence-electron chi connectivity index (χ4n) is 2.58. The van der Waals surface area contributed by atoms with Crippen LogP contribution in [0.3, 0.4) is 0 Å². The van der Waals surface area contributed by atoms with E-state index in [1.54, 1.807) is 0 Å². The second-order valence-corrected chi connectivity index (χ2v) is 5.77. The second kappa shape index (κ2) is 6.16. The van der Waals surface area contributed by atoms with Gasteiger partial charge in [0.1, 0.15) is 6.10 Å². The first-order valence-corrected chi connectivity index (χ1v) is 7.66. The molecule has 0 radical (unpaired) electrons. The third-order valence-corrected chi connectivity index (χ3v) is 3.96. The van der Waals surface area contributed by atoms with Gasteiger partial charge in [-0.15, -0.1) is 0 Å². The number of aromatic nitrogens is 2. The molecule has 1 N–H and O–H groups in total. The molecule has 0 bridgehead atoms. The van der Waals surface area contributed by atoms with Gasteiger partial charge in [0.25, 0.3) is 0 Å². The molecule has 5 nitrogen and oxygen atoms in total. The molecular weight excluding hydrogens is 252 g/mol. The monoisotopic (exact) mass is 276 g/mol. The average Bonchev–Trinajstić information content (AvgIpc) is 3.29. The number of hydrogen-bond donors (Lipinski definition) is 1. The number of hydrogen-bond acceptors (Lipinski definition) is 5. The lowest BCUT2D eigenvalue weighted by Crippen LogP contribution is -2.38. The number of aryl methyl sites for hydroxylation is 1. The Morgan fingerprint density at radius 1 is 1.40 bits per heavy atom. The van der Waals surface area contributed by atoms with Crippen LogP contribution in [0.15, 0.2) is 6.07 Å². The van der Waals surface area contributed by atoms with Crippen molar-refractivity contribution in [2.24, 2.45) is 0 Å². The zero-order valence-corrected chi connectivity index (χ0v) is 12.4. The molecule has 2 aliphatic rings. The van der Waals surface area contributed by atoms with Crippen LogP contribution in [0.1, 0.15) is 43.1 Å². The van der Waals surface area contributed by atoms with Crippen molar-refractivity contribution < 1.29 is 4.74 Å². The molecule has 1 aliphatic heterocycles. The van der Waals surface area contributed by atoms with Gasteiger partial charge in [-0.2, -0.15) is 0 Å². The van der Waals surface area contributed by atoms with E-state index in [0.29, 0.717) is 6.04 Å². The molecule has 1 saturated carbocycles. The summed E-state index contributed by atoms with van der Waals surface area (Å²) >= 11 is 0. The van der Waals surface area contributed by atoms with Gasteiger partial charge in [-0.05, 0) is 32.4 Å². The summed E-state index contributed by atoms with van der Waals surface area (Å²) in [6.07, 6.45) is 2.62. The summed E-state index contributed by atoms with van der Waals surface area (Å²) in [5, 5.41) is 3.51. The van der Waals surface area contributed by atoms with E-state index in [0.717, 1.165) is 50.0 Å². The van der Waals surface area contributed by atoms with E-state index >= 15 is 0 Å². The summed E-state index contributed by atoms with van der Waals surface area (Å²) in [7, 11) is 0. The van der Waals surface area contributed by atoms with Crippen LogP contribution in [0, 0.1) is 6.92 Å². The Morgan fingerprint density at radius 2 is 2.25 bits per heavy atom. The van der Waals surface area contributed by atoms with Crippen LogP contribution in [-0.2, 0) is 11.3 Å². The van der Waals surface area contributed by atoms with E-state index < -0.39 is 0 Å². The van der Waals surface area contributed by atoms with Gasteiger partial charge in [-0.3, -0.25) is 4.90 Å². The smallest absolute Gasteiger partial charge is 0.158 e. The molecule has 5 heteroatoms. The van der Waals surface area contributed by atoms with Crippen LogP contribution in [-0.4, -0.2) is 47.2 Å². The molecular formula is C15H24N4O. The molecule has 1 atom stereocenters. The van der Waals surface area contributed by atoms with Crippen LogP contribution < -0.4 is 5.32 Å². The highest BCUT2D eigenvalue weighted by Gasteiger charge is 2.24. The molecule has 1 aromatic heterocycles. The van der Waals surface area contributed by atoms with Crippen LogP contribution >= 0.6 is 0 Å². The SMILES string of the molecule is CCN1CCOC(c2nc(C)cc(CNC3CC3)n2)C1. The van der Waals surface area contributed by atoms with Gasteiger partial charge in [-0.1, -0.05) is 6.92 Å². The third kappa shape index (κ3) is 3.53. The van der Waals surface area contributed by atoms with Gasteiger partial charge < -0.3 is 10.1 Å². The first-order chi connectivity index (χ1) is 9.74. The molecule has 3 rings (SSSR count). The maximum Gasteiger partial charge on any atom is 0.158 e. The fourth-order valence-corrected chi connectivity index (χ4v) is 2.58. The summed E-state index contributed by atoms with van der Waals surface area (Å²) in [4.78, 5) is 11.7. The molecule has 1 unspecified atom stereocenters. The zero-order chi connectivity index (χ0) is 13.9. The van der Waals surface area contributed by atoms with Crippen molar-refractivity contribution in [2.45, 2.75) is 45.4 Å². The van der Waals surface area contributed by atoms with Gasteiger partial charge in [0, 0.05) is 31.4 Å². The largest absolute Gasteiger partial charge is 0.368 e. The Bertz CT molecular complexity index is 461. The average molecular weight is 276 g/mol. The summed E-state index contributed by atoms with van der Waals surface area (Å²) in [5.41, 5.74) is 2.11. The summed E-state index contributed by atoms with van der Waals surface area (Å²) in [6.45, 7) is 8.79. The van der Waals surface area contributed by atoms with E-state index in [4.69, 9.17) is 9.72 Å². The molecule has 1 saturated heterocycles. The first-order valence-electron chi connectivity index (χ1n) is 7.66. The lowest BCUT2D eigenvalue weighted by molar-refractivity contribution is -0.0327. The Hall–Kier alpha value is -1.04. The van der Waals surface area contributed by atoms with Gasteiger partial charge in [0.05, 0.1) is 12.3 Å². The maximum atomic E-state index is 5.86. The predicted octanol–water partition coefficient (Wildman–Crippen LogP) is 1.43. The first kappa shape index (κ1) is 13.9. The highest BCUT2D eigenvalue weighted by Crippen LogP contribution is 2.21. The van der Waals surface area contributed by atoms with E-state index in [9.17, 15) is 0 Å². The van der Waals surface area contributed by atoms with Gasteiger partial charge in [0.2, 0.25) is 0 Å². The standard InChI is InChI=1S/C15H24N4O/c1-3-19-6-7-20-14(10-19)15-17-11(2)8-13(18-15)9-16-12-4-5-12/h8,12,14,16H,3-7,9-10H2,1-2H3. The number of nitrogens with zero attached hydrogens (tertiary/aromatic N) is 3. The molecule has 2 fully saturated rings. The molecule has 0 aromatic carbocycles. The third-order valence-electron chi connectivity index (χ3n) is 3.96. The number of ether oxygens (including phenoxy) is 1. The van der Waals surface area contributed by atoms with Gasteiger partial charge in [0.15, 0.2) is 5.82 Å². The van der Waals surface area contributed by atoms with Crippen molar-refractivity contribution >= 4 is 0 Å². The van der Waals surface area contributed by atoms with Crippen molar-refractivity contribution in [2.75, 3.05) is 26.2 Å². The van der Waals surface area contributed by atoms with Crippen molar-refractivity contribution in [3.63, 3.8) is 0 Å². The van der Waals surface area contributed by atoms with E-state index in [1.807, 2.05) is 6.92 Å². The summed E-state index contributed by atoms with van der Waals surface area (Å²) < 4.78 is 5.86. The maximum absolute atomic E-state index is 5.86. The zero-order valence-electron chi connectivity index (χ0n) is 12.4. The van der Waals surface area contributed by atoms with E-state index in [-0.39, 0.29) is 6.10 Å². The topological polar surface area (TPSA) is 50.3 Å². The summed E-state index contributed by atoms with van der Waals surface area (Å²) in [5.74, 6) is 0.843. The molecule has 1 aromatic rings. The fraction of sp³-hybridized carbons (Fsp3) is 0.733. The molecule has 0 spiro atoms. The quantitative estimate of drug-likeness (QED) is 0.881.